The standard InChI is InChI=1S/C15H14FN3O2/c16-11-4-1-3-10(7-11)13-5-2-6-19(13)12-8-17-14(15(20)21)18-9-12/h1,3-4,7-9,13H,2,5-6H2,(H,20,21). The Bertz CT molecular complexity index is 660. The van der Waals surface area contributed by atoms with E-state index in [0.29, 0.717) is 0 Å². The molecule has 1 atom stereocenters. The Morgan fingerprint density at radius 2 is 2.10 bits per heavy atom. The van der Waals surface area contributed by atoms with Gasteiger partial charge in [-0.3, -0.25) is 0 Å². The van der Waals surface area contributed by atoms with Crippen LogP contribution in [-0.4, -0.2) is 27.6 Å². The molecule has 0 radical (unpaired) electrons. The molecule has 0 spiro atoms. The van der Waals surface area contributed by atoms with Crippen molar-refractivity contribution in [3.05, 3.63) is 53.9 Å². The van der Waals surface area contributed by atoms with E-state index in [2.05, 4.69) is 14.9 Å². The van der Waals surface area contributed by atoms with Crippen molar-refractivity contribution in [2.45, 2.75) is 18.9 Å². The van der Waals surface area contributed by atoms with Crippen LogP contribution in [-0.2, 0) is 0 Å². The van der Waals surface area contributed by atoms with Crippen LogP contribution in [0.5, 0.6) is 0 Å². The van der Waals surface area contributed by atoms with Gasteiger partial charge in [0, 0.05) is 6.54 Å². The largest absolute Gasteiger partial charge is 0.475 e. The highest BCUT2D eigenvalue weighted by Crippen LogP contribution is 2.35. The predicted octanol–water partition coefficient (Wildman–Crippen LogP) is 2.66. The van der Waals surface area contributed by atoms with Gasteiger partial charge in [0.05, 0.1) is 24.1 Å². The molecule has 0 amide bonds. The highest BCUT2D eigenvalue weighted by molar-refractivity contribution is 5.83. The van der Waals surface area contributed by atoms with E-state index in [-0.39, 0.29) is 17.7 Å². The summed E-state index contributed by atoms with van der Waals surface area (Å²) in [4.78, 5) is 20.5. The number of carboxylic acid groups (broad SMARTS) is 1. The summed E-state index contributed by atoms with van der Waals surface area (Å²) in [5.41, 5.74) is 1.67. The van der Waals surface area contributed by atoms with Crippen molar-refractivity contribution in [2.24, 2.45) is 0 Å². The van der Waals surface area contributed by atoms with Crippen LogP contribution in [0.1, 0.15) is 35.1 Å². The highest BCUT2D eigenvalue weighted by Gasteiger charge is 2.27. The minimum atomic E-state index is -1.15. The first-order valence-electron chi connectivity index (χ1n) is 6.72. The van der Waals surface area contributed by atoms with Gasteiger partial charge in [0.2, 0.25) is 5.82 Å². The lowest BCUT2D eigenvalue weighted by molar-refractivity contribution is 0.0683. The number of rotatable bonds is 3. The normalized spacial score (nSPS) is 18.0. The fraction of sp³-hybridized carbons (Fsp3) is 0.267. The summed E-state index contributed by atoms with van der Waals surface area (Å²) in [7, 11) is 0. The van der Waals surface area contributed by atoms with Gasteiger partial charge in [-0.25, -0.2) is 19.2 Å². The minimum absolute atomic E-state index is 0.0694. The van der Waals surface area contributed by atoms with Crippen molar-refractivity contribution in [1.29, 1.82) is 0 Å². The van der Waals surface area contributed by atoms with Crippen molar-refractivity contribution in [2.75, 3.05) is 11.4 Å². The fourth-order valence-electron chi connectivity index (χ4n) is 2.72. The molecule has 3 rings (SSSR count). The molecule has 1 N–H and O–H groups in total. The third-order valence-electron chi connectivity index (χ3n) is 3.65. The van der Waals surface area contributed by atoms with Crippen molar-refractivity contribution in [1.82, 2.24) is 9.97 Å². The molecule has 1 fully saturated rings. The molecule has 1 saturated heterocycles. The molecule has 2 aromatic rings. The lowest BCUT2D eigenvalue weighted by atomic mass is 10.0. The molecule has 1 unspecified atom stereocenters. The number of aromatic carboxylic acids is 1. The lowest BCUT2D eigenvalue weighted by Crippen LogP contribution is -2.23. The average molecular weight is 287 g/mol. The molecule has 108 valence electrons. The summed E-state index contributed by atoms with van der Waals surface area (Å²) in [5.74, 6) is -1.62. The summed E-state index contributed by atoms with van der Waals surface area (Å²) < 4.78 is 13.4. The topological polar surface area (TPSA) is 66.3 Å². The molecule has 1 aliphatic rings. The van der Waals surface area contributed by atoms with Gasteiger partial charge in [0.15, 0.2) is 0 Å². The highest BCUT2D eigenvalue weighted by atomic mass is 19.1. The van der Waals surface area contributed by atoms with Gasteiger partial charge in [-0.2, -0.15) is 0 Å². The summed E-state index contributed by atoms with van der Waals surface area (Å²) >= 11 is 0. The molecule has 1 aromatic heterocycles. The molecule has 21 heavy (non-hydrogen) atoms. The second-order valence-electron chi connectivity index (χ2n) is 4.98. The van der Waals surface area contributed by atoms with Crippen molar-refractivity contribution >= 4 is 11.7 Å². The van der Waals surface area contributed by atoms with Gasteiger partial charge in [0.25, 0.3) is 0 Å². The second-order valence-corrected chi connectivity index (χ2v) is 4.98. The molecule has 0 aliphatic carbocycles. The van der Waals surface area contributed by atoms with E-state index in [1.54, 1.807) is 6.07 Å². The number of hydrogen-bond donors (Lipinski definition) is 1. The smallest absolute Gasteiger partial charge is 0.373 e. The first kappa shape index (κ1) is 13.5. The molecular weight excluding hydrogens is 273 g/mol. The van der Waals surface area contributed by atoms with Crippen LogP contribution in [0.4, 0.5) is 10.1 Å². The quantitative estimate of drug-likeness (QED) is 0.940. The van der Waals surface area contributed by atoms with Gasteiger partial charge in [0.1, 0.15) is 5.82 Å². The zero-order valence-electron chi connectivity index (χ0n) is 11.2. The van der Waals surface area contributed by atoms with Crippen LogP contribution in [0.2, 0.25) is 0 Å². The van der Waals surface area contributed by atoms with Crippen LogP contribution in [0.25, 0.3) is 0 Å². The Morgan fingerprint density at radius 3 is 2.76 bits per heavy atom. The maximum absolute atomic E-state index is 13.4. The van der Waals surface area contributed by atoms with E-state index in [1.807, 2.05) is 6.07 Å². The van der Waals surface area contributed by atoms with Crippen molar-refractivity contribution in [3.63, 3.8) is 0 Å². The summed E-state index contributed by atoms with van der Waals surface area (Å²) in [6.45, 7) is 0.816. The Balaban J connectivity index is 1.88. The maximum Gasteiger partial charge on any atom is 0.373 e. The van der Waals surface area contributed by atoms with E-state index in [4.69, 9.17) is 5.11 Å². The lowest BCUT2D eigenvalue weighted by Gasteiger charge is -2.26. The third kappa shape index (κ3) is 2.69. The molecule has 5 nitrogen and oxygen atoms in total. The van der Waals surface area contributed by atoms with Gasteiger partial charge in [-0.05, 0) is 30.5 Å². The number of hydrogen-bond acceptors (Lipinski definition) is 4. The van der Waals surface area contributed by atoms with E-state index in [0.717, 1.165) is 30.6 Å². The number of carboxylic acids is 1. The predicted molar refractivity (Wildman–Crippen MR) is 74.7 cm³/mol. The van der Waals surface area contributed by atoms with Crippen molar-refractivity contribution < 1.29 is 14.3 Å². The summed E-state index contributed by atoms with van der Waals surface area (Å²) in [6.07, 6.45) is 4.92. The molecule has 0 saturated carbocycles. The van der Waals surface area contributed by atoms with Crippen LogP contribution in [0.3, 0.4) is 0 Å². The molecule has 6 heteroatoms. The van der Waals surface area contributed by atoms with E-state index in [1.165, 1.54) is 24.5 Å². The van der Waals surface area contributed by atoms with E-state index in [9.17, 15) is 9.18 Å². The zero-order chi connectivity index (χ0) is 14.8. The van der Waals surface area contributed by atoms with Crippen molar-refractivity contribution in [3.8, 4) is 0 Å². The SMILES string of the molecule is O=C(O)c1ncc(N2CCCC2c2cccc(F)c2)cn1. The molecular formula is C15H14FN3O2. The van der Waals surface area contributed by atoms with Crippen LogP contribution >= 0.6 is 0 Å². The first-order chi connectivity index (χ1) is 10.1. The van der Waals surface area contributed by atoms with Gasteiger partial charge in [-0.1, -0.05) is 12.1 Å². The van der Waals surface area contributed by atoms with E-state index < -0.39 is 5.97 Å². The maximum atomic E-state index is 13.4. The number of halogens is 1. The first-order valence-corrected chi connectivity index (χ1v) is 6.72. The monoisotopic (exact) mass is 287 g/mol. The fourth-order valence-corrected chi connectivity index (χ4v) is 2.72. The van der Waals surface area contributed by atoms with Gasteiger partial charge < -0.3 is 10.0 Å². The molecule has 2 heterocycles. The summed E-state index contributed by atoms with van der Waals surface area (Å²) in [6, 6.07) is 6.63. The molecule has 1 aliphatic heterocycles. The summed E-state index contributed by atoms with van der Waals surface area (Å²) in [5, 5.41) is 8.82. The van der Waals surface area contributed by atoms with Crippen LogP contribution < -0.4 is 4.90 Å². The Morgan fingerprint density at radius 1 is 1.33 bits per heavy atom. The second kappa shape index (κ2) is 5.47. The molecule has 1 aromatic carbocycles. The number of anilines is 1. The molecule has 0 bridgehead atoms. The Hall–Kier alpha value is -2.50. The van der Waals surface area contributed by atoms with Crippen LogP contribution in [0.15, 0.2) is 36.7 Å². The van der Waals surface area contributed by atoms with E-state index >= 15 is 0 Å². The minimum Gasteiger partial charge on any atom is -0.475 e. The zero-order valence-corrected chi connectivity index (χ0v) is 11.2. The third-order valence-corrected chi connectivity index (χ3v) is 3.65. The Labute approximate surface area is 121 Å². The average Bonchev–Trinajstić information content (AvgIpc) is 2.97. The van der Waals surface area contributed by atoms with Gasteiger partial charge in [-0.15, -0.1) is 0 Å². The number of carbonyl (C=O) groups is 1. The Kier molecular flexibility index (Phi) is 3.51. The van der Waals surface area contributed by atoms with Crippen LogP contribution in [0, 0.1) is 5.82 Å². The number of aromatic nitrogens is 2. The number of benzene rings is 1. The number of nitrogens with zero attached hydrogens (tertiary/aromatic N) is 3. The van der Waals surface area contributed by atoms with Gasteiger partial charge >= 0.3 is 5.97 Å².